The van der Waals surface area contributed by atoms with E-state index in [4.69, 9.17) is 0 Å². The molecule has 1 aromatic heterocycles. The number of anilines is 1. The number of hydrogen-bond acceptors (Lipinski definition) is 3. The largest absolute Gasteiger partial charge is 0.330 e. The van der Waals surface area contributed by atoms with Gasteiger partial charge in [0.2, 0.25) is 0 Å². The molecule has 28 heavy (non-hydrogen) atoms. The smallest absolute Gasteiger partial charge is 0.322 e. The molecule has 1 aliphatic rings. The highest BCUT2D eigenvalue weighted by Gasteiger charge is 2.32. The Hall–Kier alpha value is -2.77. The standard InChI is InChI=1S/C20H24F2N4O2/c1-12-9-25-11-23-18(17(27)8-20(2,3)4)16(25)10-26(12)19(28)24-13-5-6-14(21)15(22)7-13/h5-7,11-12H,8-10H2,1-4H3,(H,24,28)/t12-/m1/s1. The summed E-state index contributed by atoms with van der Waals surface area (Å²) in [7, 11) is 0. The Morgan fingerprint density at radius 1 is 1.25 bits per heavy atom. The Bertz CT molecular complexity index is 917. The summed E-state index contributed by atoms with van der Waals surface area (Å²) in [6, 6.07) is 2.60. The molecule has 6 nitrogen and oxygen atoms in total. The number of carbonyl (C=O) groups is 2. The second-order valence-corrected chi connectivity index (χ2v) is 8.39. The van der Waals surface area contributed by atoms with Crippen molar-refractivity contribution in [3.63, 3.8) is 0 Å². The van der Waals surface area contributed by atoms with Crippen molar-refractivity contribution >= 4 is 17.5 Å². The third-order valence-corrected chi connectivity index (χ3v) is 4.65. The number of nitrogens with one attached hydrogen (secondary N) is 1. The number of fused-ring (bicyclic) bond motifs is 1. The van der Waals surface area contributed by atoms with E-state index in [2.05, 4.69) is 10.3 Å². The summed E-state index contributed by atoms with van der Waals surface area (Å²) >= 11 is 0. The van der Waals surface area contributed by atoms with E-state index in [0.29, 0.717) is 24.4 Å². The average molecular weight is 390 g/mol. The molecule has 1 aromatic carbocycles. The van der Waals surface area contributed by atoms with Gasteiger partial charge in [-0.2, -0.15) is 0 Å². The fraction of sp³-hybridized carbons (Fsp3) is 0.450. The Morgan fingerprint density at radius 3 is 2.61 bits per heavy atom. The fourth-order valence-electron chi connectivity index (χ4n) is 3.27. The van der Waals surface area contributed by atoms with Gasteiger partial charge >= 0.3 is 6.03 Å². The summed E-state index contributed by atoms with van der Waals surface area (Å²) in [6.45, 7) is 8.54. The van der Waals surface area contributed by atoms with Gasteiger partial charge in [-0.25, -0.2) is 18.6 Å². The Labute approximate surface area is 162 Å². The predicted molar refractivity (Wildman–Crippen MR) is 101 cm³/mol. The summed E-state index contributed by atoms with van der Waals surface area (Å²) in [4.78, 5) is 31.2. The molecule has 0 fully saturated rings. The minimum Gasteiger partial charge on any atom is -0.330 e. The van der Waals surface area contributed by atoms with Crippen LogP contribution >= 0.6 is 0 Å². The number of rotatable bonds is 3. The molecule has 3 rings (SSSR count). The molecule has 0 saturated carbocycles. The lowest BCUT2D eigenvalue weighted by atomic mass is 9.88. The molecule has 0 radical (unpaired) electrons. The number of hydrogen-bond donors (Lipinski definition) is 1. The number of amides is 2. The molecule has 0 aliphatic carbocycles. The van der Waals surface area contributed by atoms with Crippen LogP contribution in [0.5, 0.6) is 0 Å². The number of halogens is 2. The first kappa shape index (κ1) is 20.0. The van der Waals surface area contributed by atoms with Crippen molar-refractivity contribution < 1.29 is 18.4 Å². The maximum atomic E-state index is 13.4. The van der Waals surface area contributed by atoms with Crippen molar-refractivity contribution in [2.24, 2.45) is 5.41 Å². The van der Waals surface area contributed by atoms with Crippen LogP contribution in [0.2, 0.25) is 0 Å². The molecule has 2 heterocycles. The number of ketones is 1. The van der Waals surface area contributed by atoms with Gasteiger partial charge < -0.3 is 14.8 Å². The zero-order chi connectivity index (χ0) is 20.6. The number of imidazole rings is 1. The van der Waals surface area contributed by atoms with Crippen LogP contribution in [0.4, 0.5) is 19.3 Å². The fourth-order valence-corrected chi connectivity index (χ4v) is 3.27. The molecule has 0 bridgehead atoms. The van der Waals surface area contributed by atoms with Crippen LogP contribution in [0.1, 0.15) is 50.3 Å². The maximum absolute atomic E-state index is 13.4. The normalized spacial score (nSPS) is 16.6. The van der Waals surface area contributed by atoms with E-state index in [1.165, 1.54) is 6.07 Å². The summed E-state index contributed by atoms with van der Waals surface area (Å²) in [5.74, 6) is -2.07. The predicted octanol–water partition coefficient (Wildman–Crippen LogP) is 4.22. The van der Waals surface area contributed by atoms with Gasteiger partial charge in [0.05, 0.1) is 18.6 Å². The van der Waals surface area contributed by atoms with E-state index < -0.39 is 17.7 Å². The molecule has 1 aliphatic heterocycles. The second-order valence-electron chi connectivity index (χ2n) is 8.39. The van der Waals surface area contributed by atoms with Crippen LogP contribution in [0.3, 0.4) is 0 Å². The molecule has 2 aromatic rings. The van der Waals surface area contributed by atoms with Crippen LogP contribution < -0.4 is 5.32 Å². The Balaban J connectivity index is 1.79. The summed E-state index contributed by atoms with van der Waals surface area (Å²) in [6.07, 6.45) is 1.99. The number of urea groups is 1. The highest BCUT2D eigenvalue weighted by atomic mass is 19.2. The van der Waals surface area contributed by atoms with Crippen molar-refractivity contribution in [3.05, 3.63) is 47.5 Å². The summed E-state index contributed by atoms with van der Waals surface area (Å²) < 4.78 is 28.4. The van der Waals surface area contributed by atoms with Crippen molar-refractivity contribution in [2.75, 3.05) is 5.32 Å². The number of aromatic nitrogens is 2. The van der Waals surface area contributed by atoms with E-state index in [1.54, 1.807) is 11.2 Å². The zero-order valence-corrected chi connectivity index (χ0v) is 16.4. The number of Topliss-reactive ketones (excluding diaryl/α,β-unsaturated/α-hetero) is 1. The van der Waals surface area contributed by atoms with E-state index in [9.17, 15) is 18.4 Å². The number of carbonyl (C=O) groups excluding carboxylic acids is 2. The molecule has 1 N–H and O–H groups in total. The Morgan fingerprint density at radius 2 is 1.96 bits per heavy atom. The molecule has 0 spiro atoms. The third kappa shape index (κ3) is 4.21. The van der Waals surface area contributed by atoms with Gasteiger partial charge in [-0.1, -0.05) is 20.8 Å². The zero-order valence-electron chi connectivity index (χ0n) is 16.4. The van der Waals surface area contributed by atoms with E-state index in [0.717, 1.165) is 12.1 Å². The average Bonchev–Trinajstić information content (AvgIpc) is 2.98. The SMILES string of the molecule is C[C@@H]1Cn2cnc(C(=O)CC(C)(C)C)c2CN1C(=O)Nc1ccc(F)c(F)c1. The van der Waals surface area contributed by atoms with Crippen LogP contribution in [0.15, 0.2) is 24.5 Å². The number of nitrogens with zero attached hydrogens (tertiary/aromatic N) is 3. The molecule has 150 valence electrons. The van der Waals surface area contributed by atoms with Crippen molar-refractivity contribution in [1.29, 1.82) is 0 Å². The summed E-state index contributed by atoms with van der Waals surface area (Å²) in [5, 5.41) is 2.59. The van der Waals surface area contributed by atoms with Crippen LogP contribution in [-0.2, 0) is 13.1 Å². The Kier molecular flexibility index (Phi) is 5.23. The first-order valence-corrected chi connectivity index (χ1v) is 9.15. The lowest BCUT2D eigenvalue weighted by Gasteiger charge is -2.34. The van der Waals surface area contributed by atoms with Gasteiger partial charge in [0.1, 0.15) is 5.69 Å². The minimum atomic E-state index is -1.03. The van der Waals surface area contributed by atoms with Crippen LogP contribution in [0, 0.1) is 17.0 Å². The van der Waals surface area contributed by atoms with Gasteiger partial charge in [0.15, 0.2) is 17.4 Å². The lowest BCUT2D eigenvalue weighted by molar-refractivity contribution is 0.0930. The van der Waals surface area contributed by atoms with Crippen LogP contribution in [0.25, 0.3) is 0 Å². The molecule has 0 unspecified atom stereocenters. The topological polar surface area (TPSA) is 67.2 Å². The first-order valence-electron chi connectivity index (χ1n) is 9.15. The van der Waals surface area contributed by atoms with Crippen LogP contribution in [-0.4, -0.2) is 32.3 Å². The molecule has 1 atom stereocenters. The third-order valence-electron chi connectivity index (χ3n) is 4.65. The van der Waals surface area contributed by atoms with Crippen molar-refractivity contribution in [3.8, 4) is 0 Å². The van der Waals surface area contributed by atoms with E-state index >= 15 is 0 Å². The highest BCUT2D eigenvalue weighted by Crippen LogP contribution is 2.26. The molecule has 2 amide bonds. The quantitative estimate of drug-likeness (QED) is 0.798. The number of benzene rings is 1. The van der Waals surface area contributed by atoms with Crippen molar-refractivity contribution in [1.82, 2.24) is 14.5 Å². The van der Waals surface area contributed by atoms with Gasteiger partial charge in [-0.15, -0.1) is 0 Å². The lowest BCUT2D eigenvalue weighted by Crippen LogP contribution is -2.46. The van der Waals surface area contributed by atoms with E-state index in [-0.39, 0.29) is 29.5 Å². The minimum absolute atomic E-state index is 0.0585. The molecule has 0 saturated heterocycles. The molecular formula is C20H24F2N4O2. The van der Waals surface area contributed by atoms with Gasteiger partial charge in [0.25, 0.3) is 0 Å². The summed E-state index contributed by atoms with van der Waals surface area (Å²) in [5.41, 5.74) is 1.07. The van der Waals surface area contributed by atoms with Gasteiger partial charge in [-0.3, -0.25) is 4.79 Å². The van der Waals surface area contributed by atoms with Crippen molar-refractivity contribution in [2.45, 2.75) is 53.2 Å². The second kappa shape index (κ2) is 7.33. The van der Waals surface area contributed by atoms with Gasteiger partial charge in [0, 0.05) is 30.8 Å². The monoisotopic (exact) mass is 390 g/mol. The molecule has 8 heteroatoms. The maximum Gasteiger partial charge on any atom is 0.322 e. The van der Waals surface area contributed by atoms with E-state index in [1.807, 2.05) is 32.3 Å². The molecular weight excluding hydrogens is 366 g/mol. The first-order chi connectivity index (χ1) is 13.0. The highest BCUT2D eigenvalue weighted by molar-refractivity contribution is 5.96. The van der Waals surface area contributed by atoms with Gasteiger partial charge in [-0.05, 0) is 24.5 Å².